The summed E-state index contributed by atoms with van der Waals surface area (Å²) in [5, 5.41) is 29.9. The number of benzene rings is 1. The van der Waals surface area contributed by atoms with Gasteiger partial charge in [0.25, 0.3) is 0 Å². The van der Waals surface area contributed by atoms with Crippen molar-refractivity contribution in [3.63, 3.8) is 0 Å². The Hall–Kier alpha value is -2.74. The van der Waals surface area contributed by atoms with Crippen molar-refractivity contribution in [1.82, 2.24) is 30.0 Å². The Morgan fingerprint density at radius 2 is 2.04 bits per heavy atom. The predicted molar refractivity (Wildman–Crippen MR) is 91.7 cm³/mol. The first-order chi connectivity index (χ1) is 12.3. The monoisotopic (exact) mass is 339 g/mol. The van der Waals surface area contributed by atoms with Crippen LogP contribution < -0.4 is 5.32 Å². The van der Waals surface area contributed by atoms with Crippen molar-refractivity contribution in [3.05, 3.63) is 54.4 Å². The molecule has 0 radical (unpaired) electrons. The van der Waals surface area contributed by atoms with Crippen molar-refractivity contribution >= 4 is 5.95 Å². The molecule has 1 aliphatic carbocycles. The predicted octanol–water partition coefficient (Wildman–Crippen LogP) is 1.17. The van der Waals surface area contributed by atoms with Gasteiger partial charge in [0.1, 0.15) is 0 Å². The second-order valence-electron chi connectivity index (χ2n) is 6.53. The first-order valence-corrected chi connectivity index (χ1v) is 8.50. The SMILES string of the molecule is O[C@@H]1CC(Cn2cccn2)C[C@H]1Nc1nnnn1Cc1ccccc1. The first kappa shape index (κ1) is 15.8. The zero-order valence-corrected chi connectivity index (χ0v) is 13.8. The lowest BCUT2D eigenvalue weighted by molar-refractivity contribution is 0.165. The summed E-state index contributed by atoms with van der Waals surface area (Å²) in [5.74, 6) is 0.971. The van der Waals surface area contributed by atoms with E-state index in [4.69, 9.17) is 0 Å². The number of aromatic nitrogens is 6. The number of aliphatic hydroxyl groups excluding tert-OH is 1. The fraction of sp³-hybridized carbons (Fsp3) is 0.412. The molecule has 1 fully saturated rings. The zero-order chi connectivity index (χ0) is 17.1. The van der Waals surface area contributed by atoms with Gasteiger partial charge in [-0.15, -0.1) is 0 Å². The molecule has 3 aromatic rings. The van der Waals surface area contributed by atoms with Gasteiger partial charge in [0.05, 0.1) is 18.7 Å². The van der Waals surface area contributed by atoms with Gasteiger partial charge in [0.15, 0.2) is 0 Å². The lowest BCUT2D eigenvalue weighted by Gasteiger charge is -2.16. The van der Waals surface area contributed by atoms with Gasteiger partial charge < -0.3 is 10.4 Å². The lowest BCUT2D eigenvalue weighted by Crippen LogP contribution is -2.29. The number of rotatable bonds is 6. The quantitative estimate of drug-likeness (QED) is 0.700. The molecule has 0 spiro atoms. The summed E-state index contributed by atoms with van der Waals surface area (Å²) in [5.41, 5.74) is 1.13. The van der Waals surface area contributed by atoms with E-state index in [2.05, 4.69) is 25.9 Å². The number of anilines is 1. The maximum absolute atomic E-state index is 10.4. The molecule has 3 atom stereocenters. The third-order valence-electron chi connectivity index (χ3n) is 4.65. The Morgan fingerprint density at radius 3 is 2.84 bits per heavy atom. The molecular weight excluding hydrogens is 318 g/mol. The van der Waals surface area contributed by atoms with Gasteiger partial charge in [-0.2, -0.15) is 5.10 Å². The normalized spacial score (nSPS) is 23.0. The Bertz CT molecular complexity index is 786. The average Bonchev–Trinajstić information content (AvgIpc) is 3.34. The van der Waals surface area contributed by atoms with E-state index in [0.29, 0.717) is 18.4 Å². The number of hydrogen-bond donors (Lipinski definition) is 2. The average molecular weight is 339 g/mol. The van der Waals surface area contributed by atoms with Crippen LogP contribution in [0.1, 0.15) is 18.4 Å². The summed E-state index contributed by atoms with van der Waals surface area (Å²) in [6.07, 6.45) is 4.92. The molecule has 0 bridgehead atoms. The molecule has 2 N–H and O–H groups in total. The van der Waals surface area contributed by atoms with Gasteiger partial charge in [-0.05, 0) is 40.8 Å². The second-order valence-corrected chi connectivity index (χ2v) is 6.53. The van der Waals surface area contributed by atoms with Gasteiger partial charge in [-0.25, -0.2) is 4.68 Å². The van der Waals surface area contributed by atoms with Crippen LogP contribution in [0.5, 0.6) is 0 Å². The molecule has 0 amide bonds. The smallest absolute Gasteiger partial charge is 0.243 e. The molecule has 0 aliphatic heterocycles. The van der Waals surface area contributed by atoms with Crippen LogP contribution in [0.15, 0.2) is 48.8 Å². The fourth-order valence-corrected chi connectivity index (χ4v) is 3.43. The van der Waals surface area contributed by atoms with E-state index in [1.165, 1.54) is 0 Å². The van der Waals surface area contributed by atoms with E-state index in [9.17, 15) is 5.11 Å². The highest BCUT2D eigenvalue weighted by Gasteiger charge is 2.34. The van der Waals surface area contributed by atoms with Crippen molar-refractivity contribution < 1.29 is 5.11 Å². The maximum Gasteiger partial charge on any atom is 0.243 e. The van der Waals surface area contributed by atoms with E-state index >= 15 is 0 Å². The Kier molecular flexibility index (Phi) is 4.43. The summed E-state index contributed by atoms with van der Waals surface area (Å²) in [6.45, 7) is 1.41. The van der Waals surface area contributed by atoms with Crippen molar-refractivity contribution in [2.75, 3.05) is 5.32 Å². The first-order valence-electron chi connectivity index (χ1n) is 8.50. The van der Waals surface area contributed by atoms with Crippen LogP contribution in [0.25, 0.3) is 0 Å². The van der Waals surface area contributed by atoms with Crippen molar-refractivity contribution in [3.8, 4) is 0 Å². The topological polar surface area (TPSA) is 93.7 Å². The molecule has 1 saturated carbocycles. The van der Waals surface area contributed by atoms with Gasteiger partial charge in [0, 0.05) is 18.9 Å². The maximum atomic E-state index is 10.4. The summed E-state index contributed by atoms with van der Waals surface area (Å²) in [7, 11) is 0. The lowest BCUT2D eigenvalue weighted by atomic mass is 10.1. The molecule has 2 aromatic heterocycles. The van der Waals surface area contributed by atoms with E-state index in [-0.39, 0.29) is 6.04 Å². The van der Waals surface area contributed by atoms with Crippen LogP contribution in [0.2, 0.25) is 0 Å². The van der Waals surface area contributed by atoms with Gasteiger partial charge >= 0.3 is 0 Å². The molecule has 4 rings (SSSR count). The van der Waals surface area contributed by atoms with E-state index in [1.54, 1.807) is 10.9 Å². The minimum atomic E-state index is -0.414. The fourth-order valence-electron chi connectivity index (χ4n) is 3.43. The molecule has 8 nitrogen and oxygen atoms in total. The largest absolute Gasteiger partial charge is 0.391 e. The second kappa shape index (κ2) is 7.02. The third-order valence-corrected chi connectivity index (χ3v) is 4.65. The third kappa shape index (κ3) is 3.69. The van der Waals surface area contributed by atoms with Crippen LogP contribution in [-0.4, -0.2) is 47.2 Å². The van der Waals surface area contributed by atoms with E-state index in [0.717, 1.165) is 24.9 Å². The minimum absolute atomic E-state index is 0.0546. The summed E-state index contributed by atoms with van der Waals surface area (Å²) < 4.78 is 3.64. The van der Waals surface area contributed by atoms with Crippen LogP contribution in [0, 0.1) is 5.92 Å². The molecule has 2 heterocycles. The summed E-state index contributed by atoms with van der Waals surface area (Å²) in [4.78, 5) is 0. The highest BCUT2D eigenvalue weighted by Crippen LogP contribution is 2.29. The van der Waals surface area contributed by atoms with Crippen molar-refractivity contribution in [1.29, 1.82) is 0 Å². The molecule has 25 heavy (non-hydrogen) atoms. The zero-order valence-electron chi connectivity index (χ0n) is 13.8. The van der Waals surface area contributed by atoms with Gasteiger partial charge in [-0.3, -0.25) is 4.68 Å². The van der Waals surface area contributed by atoms with Crippen LogP contribution >= 0.6 is 0 Å². The minimum Gasteiger partial charge on any atom is -0.391 e. The number of hydrogen-bond acceptors (Lipinski definition) is 6. The van der Waals surface area contributed by atoms with Crippen molar-refractivity contribution in [2.24, 2.45) is 5.92 Å². The van der Waals surface area contributed by atoms with Gasteiger partial charge in [0.2, 0.25) is 5.95 Å². The highest BCUT2D eigenvalue weighted by atomic mass is 16.3. The molecular formula is C17H21N7O. The van der Waals surface area contributed by atoms with E-state index < -0.39 is 6.10 Å². The summed E-state index contributed by atoms with van der Waals surface area (Å²) in [6, 6.07) is 11.9. The molecule has 130 valence electrons. The van der Waals surface area contributed by atoms with Gasteiger partial charge in [-0.1, -0.05) is 35.4 Å². The van der Waals surface area contributed by atoms with Crippen LogP contribution in [0.3, 0.4) is 0 Å². The number of nitrogens with one attached hydrogen (secondary N) is 1. The van der Waals surface area contributed by atoms with Crippen LogP contribution in [-0.2, 0) is 13.1 Å². The number of aliphatic hydroxyl groups is 1. The highest BCUT2D eigenvalue weighted by molar-refractivity contribution is 5.27. The molecule has 0 saturated heterocycles. The molecule has 1 aromatic carbocycles. The summed E-state index contributed by atoms with van der Waals surface area (Å²) >= 11 is 0. The molecule has 8 heteroatoms. The van der Waals surface area contributed by atoms with E-state index in [1.807, 2.05) is 47.3 Å². The molecule has 1 unspecified atom stereocenters. The van der Waals surface area contributed by atoms with Crippen molar-refractivity contribution in [2.45, 2.75) is 38.1 Å². The molecule has 1 aliphatic rings. The Morgan fingerprint density at radius 1 is 1.16 bits per heavy atom. The number of tetrazole rings is 1. The standard InChI is InChI=1S/C17H21N7O/c25-16-10-14(11-23-8-4-7-18-23)9-15(16)19-17-20-21-22-24(17)12-13-5-2-1-3-6-13/h1-8,14-16,25H,9-12H2,(H,19,20,22)/t14?,15-,16-/m1/s1. The number of nitrogens with zero attached hydrogens (tertiary/aromatic N) is 6. The Balaban J connectivity index is 1.40. The van der Waals surface area contributed by atoms with Crippen LogP contribution in [0.4, 0.5) is 5.95 Å². The Labute approximate surface area is 145 Å².